The summed E-state index contributed by atoms with van der Waals surface area (Å²) in [6, 6.07) is 0. The molecule has 0 amide bonds. The number of esters is 3. The average Bonchev–Trinajstić information content (AvgIpc) is 3.23. The van der Waals surface area contributed by atoms with Crippen LogP contribution in [-0.2, 0) is 28.6 Å². The molecule has 0 radical (unpaired) electrons. The van der Waals surface area contributed by atoms with E-state index in [-0.39, 0.29) is 31.1 Å². The lowest BCUT2D eigenvalue weighted by Crippen LogP contribution is -2.30. The second-order valence-electron chi connectivity index (χ2n) is 16.3. The molecule has 0 aliphatic heterocycles. The highest BCUT2D eigenvalue weighted by atomic mass is 16.6. The van der Waals surface area contributed by atoms with E-state index in [2.05, 4.69) is 81.5 Å². The Morgan fingerprint density at radius 2 is 0.661 bits per heavy atom. The Kier molecular flexibility index (Phi) is 45.4. The average molecular weight is 825 g/mol. The van der Waals surface area contributed by atoms with Crippen LogP contribution in [0.1, 0.15) is 239 Å². The molecule has 0 saturated heterocycles. The number of carbonyl (C=O) groups excluding carboxylic acids is 3. The normalized spacial score (nSPS) is 12.5. The summed E-state index contributed by atoms with van der Waals surface area (Å²) in [5.41, 5.74) is 0. The van der Waals surface area contributed by atoms with E-state index in [1.54, 1.807) is 0 Å². The second-order valence-corrected chi connectivity index (χ2v) is 16.3. The Morgan fingerprint density at radius 3 is 1.03 bits per heavy atom. The first-order valence-electron chi connectivity index (χ1n) is 24.8. The zero-order valence-corrected chi connectivity index (χ0v) is 38.8. The van der Waals surface area contributed by atoms with E-state index in [0.717, 1.165) is 103 Å². The summed E-state index contributed by atoms with van der Waals surface area (Å²) in [5.74, 6) is -0.900. The fraction of sp³-hybridized carbons (Fsp3) is 0.755. The first kappa shape index (κ1) is 56.1. The van der Waals surface area contributed by atoms with Gasteiger partial charge in [0.15, 0.2) is 6.10 Å². The Hall–Kier alpha value is -2.89. The van der Waals surface area contributed by atoms with E-state index in [1.807, 2.05) is 0 Å². The standard InChI is InChI=1S/C53H92O6/c1-4-7-10-13-16-19-22-24-26-27-29-31-34-37-40-43-46-52(55)58-49-50(48-57-51(54)45-42-39-36-33-30-21-18-15-12-9-6-3)59-53(56)47-44-41-38-35-32-28-25-23-20-17-14-11-8-5-2/h7-8,10-11,16-17,19-20,24,26,50H,4-6,9,12-15,18,21-23,25,27-49H2,1-3H3/b10-7-,11-8-,19-16-,20-17-,26-24-. The Morgan fingerprint density at radius 1 is 0.356 bits per heavy atom. The third-order valence-electron chi connectivity index (χ3n) is 10.5. The van der Waals surface area contributed by atoms with E-state index in [1.165, 1.54) is 96.3 Å². The number of carbonyl (C=O) groups is 3. The third-order valence-corrected chi connectivity index (χ3v) is 10.5. The molecule has 6 heteroatoms. The van der Waals surface area contributed by atoms with Gasteiger partial charge in [0.1, 0.15) is 13.2 Å². The smallest absolute Gasteiger partial charge is 0.306 e. The van der Waals surface area contributed by atoms with Gasteiger partial charge in [-0.1, -0.05) is 204 Å². The number of hydrogen-bond donors (Lipinski definition) is 0. The van der Waals surface area contributed by atoms with Crippen LogP contribution in [0, 0.1) is 0 Å². The Balaban J connectivity index is 4.39. The van der Waals surface area contributed by atoms with E-state index in [0.29, 0.717) is 19.3 Å². The van der Waals surface area contributed by atoms with Gasteiger partial charge in [-0.2, -0.15) is 0 Å². The molecular formula is C53H92O6. The van der Waals surface area contributed by atoms with Crippen LogP contribution in [0.5, 0.6) is 0 Å². The summed E-state index contributed by atoms with van der Waals surface area (Å²) in [6.45, 7) is 6.40. The van der Waals surface area contributed by atoms with Gasteiger partial charge in [-0.3, -0.25) is 14.4 Å². The maximum atomic E-state index is 12.8. The Labute approximate surface area is 364 Å². The SMILES string of the molecule is CC/C=C\C/C=C\C/C=C\CCCCCCCCC(=O)OCC(COC(=O)CCCCCCCCCCCCC)OC(=O)CCCCCCCCC/C=C\C/C=C\CC. The molecule has 0 heterocycles. The third kappa shape index (κ3) is 46.0. The van der Waals surface area contributed by atoms with Gasteiger partial charge in [0.05, 0.1) is 0 Å². The maximum Gasteiger partial charge on any atom is 0.306 e. The molecule has 0 fully saturated rings. The minimum absolute atomic E-state index is 0.0803. The van der Waals surface area contributed by atoms with Gasteiger partial charge in [0, 0.05) is 19.3 Å². The fourth-order valence-corrected chi connectivity index (χ4v) is 6.85. The van der Waals surface area contributed by atoms with Crippen LogP contribution in [-0.4, -0.2) is 37.2 Å². The predicted molar refractivity (Wildman–Crippen MR) is 251 cm³/mol. The van der Waals surface area contributed by atoms with E-state index < -0.39 is 6.10 Å². The van der Waals surface area contributed by atoms with Gasteiger partial charge >= 0.3 is 17.9 Å². The lowest BCUT2D eigenvalue weighted by atomic mass is 10.1. The van der Waals surface area contributed by atoms with Crippen molar-refractivity contribution in [2.45, 2.75) is 245 Å². The molecule has 0 aliphatic rings. The van der Waals surface area contributed by atoms with Crippen LogP contribution in [0.25, 0.3) is 0 Å². The lowest BCUT2D eigenvalue weighted by Gasteiger charge is -2.18. The van der Waals surface area contributed by atoms with E-state index >= 15 is 0 Å². The largest absolute Gasteiger partial charge is 0.462 e. The topological polar surface area (TPSA) is 78.9 Å². The molecule has 0 rings (SSSR count). The molecule has 0 bridgehead atoms. The molecule has 6 nitrogen and oxygen atoms in total. The van der Waals surface area contributed by atoms with Gasteiger partial charge in [0.2, 0.25) is 0 Å². The van der Waals surface area contributed by atoms with Gasteiger partial charge in [-0.25, -0.2) is 0 Å². The Bertz CT molecular complexity index is 1090. The van der Waals surface area contributed by atoms with Crippen LogP contribution in [0.3, 0.4) is 0 Å². The molecular weight excluding hydrogens is 733 g/mol. The van der Waals surface area contributed by atoms with Crippen molar-refractivity contribution in [3.8, 4) is 0 Å². The molecule has 0 aromatic carbocycles. The number of rotatable bonds is 44. The van der Waals surface area contributed by atoms with E-state index in [4.69, 9.17) is 14.2 Å². The highest BCUT2D eigenvalue weighted by molar-refractivity contribution is 5.71. The van der Waals surface area contributed by atoms with Crippen LogP contribution >= 0.6 is 0 Å². The summed E-state index contributed by atoms with van der Waals surface area (Å²) in [4.78, 5) is 37.9. The highest BCUT2D eigenvalue weighted by Crippen LogP contribution is 2.15. The summed E-state index contributed by atoms with van der Waals surface area (Å²) < 4.78 is 16.8. The van der Waals surface area contributed by atoms with Crippen molar-refractivity contribution in [2.75, 3.05) is 13.2 Å². The summed E-state index contributed by atoms with van der Waals surface area (Å²) >= 11 is 0. The number of allylic oxidation sites excluding steroid dienone is 10. The lowest BCUT2D eigenvalue weighted by molar-refractivity contribution is -0.167. The zero-order valence-electron chi connectivity index (χ0n) is 38.8. The number of hydrogen-bond acceptors (Lipinski definition) is 6. The van der Waals surface area contributed by atoms with Crippen molar-refractivity contribution in [1.82, 2.24) is 0 Å². The van der Waals surface area contributed by atoms with Gasteiger partial charge in [0.25, 0.3) is 0 Å². The summed E-state index contributed by atoms with van der Waals surface area (Å²) in [5, 5.41) is 0. The monoisotopic (exact) mass is 825 g/mol. The molecule has 340 valence electrons. The summed E-state index contributed by atoms with van der Waals surface area (Å²) in [7, 11) is 0. The van der Waals surface area contributed by atoms with Crippen molar-refractivity contribution in [1.29, 1.82) is 0 Å². The maximum absolute atomic E-state index is 12.8. The van der Waals surface area contributed by atoms with Crippen molar-refractivity contribution in [2.24, 2.45) is 0 Å². The fourth-order valence-electron chi connectivity index (χ4n) is 6.85. The van der Waals surface area contributed by atoms with Crippen LogP contribution in [0.15, 0.2) is 60.8 Å². The first-order valence-corrected chi connectivity index (χ1v) is 24.8. The minimum atomic E-state index is -0.780. The molecule has 0 aromatic heterocycles. The van der Waals surface area contributed by atoms with Crippen LogP contribution in [0.4, 0.5) is 0 Å². The molecule has 1 unspecified atom stereocenters. The molecule has 1 atom stereocenters. The van der Waals surface area contributed by atoms with Crippen LogP contribution in [0.2, 0.25) is 0 Å². The molecule has 0 N–H and O–H groups in total. The van der Waals surface area contributed by atoms with Gasteiger partial charge < -0.3 is 14.2 Å². The molecule has 0 saturated carbocycles. The molecule has 0 aliphatic carbocycles. The quantitative estimate of drug-likeness (QED) is 0.0263. The second kappa shape index (κ2) is 47.8. The first-order chi connectivity index (χ1) is 29.0. The van der Waals surface area contributed by atoms with Crippen molar-refractivity contribution < 1.29 is 28.6 Å². The highest BCUT2D eigenvalue weighted by Gasteiger charge is 2.19. The van der Waals surface area contributed by atoms with Crippen LogP contribution < -0.4 is 0 Å². The van der Waals surface area contributed by atoms with Gasteiger partial charge in [-0.05, 0) is 77.0 Å². The molecule has 0 spiro atoms. The van der Waals surface area contributed by atoms with Gasteiger partial charge in [-0.15, -0.1) is 0 Å². The van der Waals surface area contributed by atoms with Crippen molar-refractivity contribution in [3.63, 3.8) is 0 Å². The van der Waals surface area contributed by atoms with Crippen molar-refractivity contribution in [3.05, 3.63) is 60.8 Å². The minimum Gasteiger partial charge on any atom is -0.462 e. The number of unbranched alkanes of at least 4 members (excludes halogenated alkanes) is 23. The molecule has 59 heavy (non-hydrogen) atoms. The number of ether oxygens (including phenoxy) is 3. The summed E-state index contributed by atoms with van der Waals surface area (Å²) in [6.07, 6.45) is 57.7. The van der Waals surface area contributed by atoms with Crippen molar-refractivity contribution >= 4 is 17.9 Å². The predicted octanol–water partition coefficient (Wildman–Crippen LogP) is 16.1. The zero-order chi connectivity index (χ0) is 43.0. The molecule has 0 aromatic rings. The van der Waals surface area contributed by atoms with E-state index in [9.17, 15) is 14.4 Å².